The number of carbonyl (C=O) groups is 5. The van der Waals surface area contributed by atoms with Crippen LogP contribution in [0.3, 0.4) is 0 Å². The number of carboxylic acids is 1. The second-order valence-corrected chi connectivity index (χ2v) is 10.8. The number of primary amides is 1. The summed E-state index contributed by atoms with van der Waals surface area (Å²) < 4.78 is 0. The standard InChI is InChI=1S/C29H36N6O6S/c1-42-12-11-20(30)26(37)33-22(14-18-16-32-21-10-6-5-9-19(18)21)27(38)34-23(15-25(31)36)28(39)35-24(29(40)41)13-17-7-3-2-4-8-17/h2-10,16,20,22-24,32H,11-15,30H2,1H3,(H2,31,36)(H,33,37)(H,34,38)(H,35,39)(H,40,41). The maximum Gasteiger partial charge on any atom is 0.326 e. The molecular formula is C29H36N6O6S. The Morgan fingerprint density at radius 1 is 0.857 bits per heavy atom. The number of carbonyl (C=O) groups excluding carboxylic acids is 4. The summed E-state index contributed by atoms with van der Waals surface area (Å²) in [6, 6.07) is 11.3. The van der Waals surface area contributed by atoms with Crippen LogP contribution in [0.5, 0.6) is 0 Å². The molecule has 2 aromatic carbocycles. The molecule has 3 rings (SSSR count). The van der Waals surface area contributed by atoms with Gasteiger partial charge in [-0.2, -0.15) is 11.8 Å². The Morgan fingerprint density at radius 2 is 1.48 bits per heavy atom. The number of aliphatic carboxylic acids is 1. The zero-order valence-corrected chi connectivity index (χ0v) is 24.0. The Labute approximate surface area is 247 Å². The van der Waals surface area contributed by atoms with Gasteiger partial charge in [-0.3, -0.25) is 19.2 Å². The summed E-state index contributed by atoms with van der Waals surface area (Å²) in [6.45, 7) is 0. The predicted octanol–water partition coefficient (Wildman–Crippen LogP) is 0.448. The second kappa shape index (κ2) is 15.6. The third-order valence-electron chi connectivity index (χ3n) is 6.64. The molecule has 0 saturated carbocycles. The minimum atomic E-state index is -1.49. The molecule has 42 heavy (non-hydrogen) atoms. The van der Waals surface area contributed by atoms with E-state index in [-0.39, 0.29) is 12.8 Å². The number of para-hydroxylation sites is 1. The molecule has 224 valence electrons. The number of H-pyrrole nitrogens is 1. The maximum atomic E-state index is 13.6. The molecule has 12 nitrogen and oxygen atoms in total. The maximum absolute atomic E-state index is 13.6. The highest BCUT2D eigenvalue weighted by molar-refractivity contribution is 7.98. The third kappa shape index (κ3) is 9.35. The van der Waals surface area contributed by atoms with E-state index >= 15 is 0 Å². The van der Waals surface area contributed by atoms with E-state index in [0.717, 1.165) is 16.5 Å². The number of rotatable bonds is 16. The highest BCUT2D eigenvalue weighted by Crippen LogP contribution is 2.19. The van der Waals surface area contributed by atoms with Crippen LogP contribution in [0.4, 0.5) is 0 Å². The number of nitrogens with one attached hydrogen (secondary N) is 4. The van der Waals surface area contributed by atoms with Crippen LogP contribution >= 0.6 is 11.8 Å². The fraction of sp³-hybridized carbons (Fsp3) is 0.345. The molecule has 4 atom stereocenters. The number of benzene rings is 2. The van der Waals surface area contributed by atoms with Crippen molar-refractivity contribution in [3.8, 4) is 0 Å². The molecule has 0 spiro atoms. The lowest BCUT2D eigenvalue weighted by Crippen LogP contribution is -2.58. The van der Waals surface area contributed by atoms with Crippen molar-refractivity contribution >= 4 is 52.3 Å². The van der Waals surface area contributed by atoms with Crippen molar-refractivity contribution in [3.05, 3.63) is 71.9 Å². The Hall–Kier alpha value is -4.36. The van der Waals surface area contributed by atoms with Crippen molar-refractivity contribution in [2.75, 3.05) is 12.0 Å². The van der Waals surface area contributed by atoms with Gasteiger partial charge in [-0.15, -0.1) is 0 Å². The van der Waals surface area contributed by atoms with E-state index in [4.69, 9.17) is 11.5 Å². The summed E-state index contributed by atoms with van der Waals surface area (Å²) in [7, 11) is 0. The van der Waals surface area contributed by atoms with Crippen LogP contribution < -0.4 is 27.4 Å². The van der Waals surface area contributed by atoms with Crippen molar-refractivity contribution < 1.29 is 29.1 Å². The van der Waals surface area contributed by atoms with E-state index in [0.29, 0.717) is 17.7 Å². The predicted molar refractivity (Wildman–Crippen MR) is 160 cm³/mol. The van der Waals surface area contributed by atoms with E-state index in [1.54, 1.807) is 36.5 Å². The molecule has 4 unspecified atom stereocenters. The molecule has 0 aliphatic carbocycles. The Kier molecular flexibility index (Phi) is 11.9. The molecule has 1 aromatic heterocycles. The molecular weight excluding hydrogens is 560 g/mol. The first-order chi connectivity index (χ1) is 20.1. The van der Waals surface area contributed by atoms with E-state index in [1.165, 1.54) is 11.8 Å². The number of carboxylic acid groups (broad SMARTS) is 1. The number of aromatic nitrogens is 1. The van der Waals surface area contributed by atoms with E-state index in [9.17, 15) is 29.1 Å². The number of fused-ring (bicyclic) bond motifs is 1. The zero-order chi connectivity index (χ0) is 30.6. The summed E-state index contributed by atoms with van der Waals surface area (Å²) in [5.74, 6) is -3.75. The number of nitrogens with two attached hydrogens (primary N) is 2. The zero-order valence-electron chi connectivity index (χ0n) is 23.2. The molecule has 0 saturated heterocycles. The summed E-state index contributed by atoms with van der Waals surface area (Å²) in [5.41, 5.74) is 13.6. The van der Waals surface area contributed by atoms with Crippen LogP contribution in [-0.2, 0) is 36.8 Å². The van der Waals surface area contributed by atoms with Crippen molar-refractivity contribution in [1.82, 2.24) is 20.9 Å². The molecule has 0 aliphatic rings. The number of thioether (sulfide) groups is 1. The monoisotopic (exact) mass is 596 g/mol. The lowest BCUT2D eigenvalue weighted by atomic mass is 10.0. The van der Waals surface area contributed by atoms with Crippen molar-refractivity contribution in [3.63, 3.8) is 0 Å². The quantitative estimate of drug-likeness (QED) is 0.123. The minimum Gasteiger partial charge on any atom is -0.480 e. The van der Waals surface area contributed by atoms with Gasteiger partial charge in [-0.1, -0.05) is 48.5 Å². The molecule has 13 heteroatoms. The van der Waals surface area contributed by atoms with Crippen LogP contribution in [0.15, 0.2) is 60.8 Å². The van der Waals surface area contributed by atoms with Gasteiger partial charge in [0.05, 0.1) is 12.5 Å². The van der Waals surface area contributed by atoms with Crippen molar-refractivity contribution in [2.45, 2.75) is 49.9 Å². The number of amides is 4. The van der Waals surface area contributed by atoms with Gasteiger partial charge in [0.15, 0.2) is 0 Å². The second-order valence-electron chi connectivity index (χ2n) is 9.83. The largest absolute Gasteiger partial charge is 0.480 e. The summed E-state index contributed by atoms with van der Waals surface area (Å²) >= 11 is 1.53. The van der Waals surface area contributed by atoms with Crippen molar-refractivity contribution in [1.29, 1.82) is 0 Å². The smallest absolute Gasteiger partial charge is 0.326 e. The lowest BCUT2D eigenvalue weighted by molar-refractivity contribution is -0.142. The first kappa shape index (κ1) is 32.2. The normalized spacial score (nSPS) is 13.9. The van der Waals surface area contributed by atoms with E-state index in [1.807, 2.05) is 30.5 Å². The number of hydrogen-bond acceptors (Lipinski definition) is 7. The SMILES string of the molecule is CSCCC(N)C(=O)NC(Cc1c[nH]c2ccccc12)C(=O)NC(CC(N)=O)C(=O)NC(Cc1ccccc1)C(=O)O. The molecule has 9 N–H and O–H groups in total. The highest BCUT2D eigenvalue weighted by Gasteiger charge is 2.32. The first-order valence-electron chi connectivity index (χ1n) is 13.3. The van der Waals surface area contributed by atoms with Crippen LogP contribution in [0, 0.1) is 0 Å². The summed E-state index contributed by atoms with van der Waals surface area (Å²) in [5, 5.41) is 18.1. The van der Waals surface area contributed by atoms with Gasteiger partial charge in [0.1, 0.15) is 18.1 Å². The van der Waals surface area contributed by atoms with Gasteiger partial charge in [0.25, 0.3) is 0 Å². The fourth-order valence-corrected chi connectivity index (χ4v) is 4.88. The van der Waals surface area contributed by atoms with E-state index < -0.39 is 60.2 Å². The molecule has 0 bridgehead atoms. The van der Waals surface area contributed by atoms with Gasteiger partial charge >= 0.3 is 5.97 Å². The minimum absolute atomic E-state index is 0.0215. The van der Waals surface area contributed by atoms with Gasteiger partial charge < -0.3 is 37.5 Å². The highest BCUT2D eigenvalue weighted by atomic mass is 32.2. The third-order valence-corrected chi connectivity index (χ3v) is 7.28. The summed E-state index contributed by atoms with van der Waals surface area (Å²) in [6.07, 6.45) is 3.44. The van der Waals surface area contributed by atoms with Gasteiger partial charge in [-0.25, -0.2) is 4.79 Å². The average molecular weight is 597 g/mol. The fourth-order valence-electron chi connectivity index (χ4n) is 4.39. The molecule has 1 heterocycles. The Balaban J connectivity index is 1.81. The number of hydrogen-bond donors (Lipinski definition) is 7. The van der Waals surface area contributed by atoms with Gasteiger partial charge in [0, 0.05) is 29.9 Å². The molecule has 0 fully saturated rings. The average Bonchev–Trinajstić information content (AvgIpc) is 3.37. The topological polar surface area (TPSA) is 209 Å². The molecule has 0 radical (unpaired) electrons. The Morgan fingerprint density at radius 3 is 2.14 bits per heavy atom. The van der Waals surface area contributed by atoms with Gasteiger partial charge in [-0.05, 0) is 35.6 Å². The van der Waals surface area contributed by atoms with Crippen LogP contribution in [0.25, 0.3) is 10.9 Å². The van der Waals surface area contributed by atoms with Crippen LogP contribution in [0.1, 0.15) is 24.0 Å². The van der Waals surface area contributed by atoms with Gasteiger partial charge in [0.2, 0.25) is 23.6 Å². The van der Waals surface area contributed by atoms with Crippen molar-refractivity contribution in [2.24, 2.45) is 11.5 Å². The lowest BCUT2D eigenvalue weighted by Gasteiger charge is -2.25. The molecule has 0 aliphatic heterocycles. The first-order valence-corrected chi connectivity index (χ1v) is 14.7. The Bertz CT molecular complexity index is 1400. The molecule has 3 aromatic rings. The molecule has 4 amide bonds. The number of aromatic amines is 1. The van der Waals surface area contributed by atoms with E-state index in [2.05, 4.69) is 20.9 Å². The van der Waals surface area contributed by atoms with Crippen LogP contribution in [-0.4, -0.2) is 75.9 Å². The summed E-state index contributed by atoms with van der Waals surface area (Å²) in [4.78, 5) is 66.5. The van der Waals surface area contributed by atoms with Crippen LogP contribution in [0.2, 0.25) is 0 Å².